The molecule has 0 aromatic heterocycles. The largest absolute Gasteiger partial charge is 0.494 e. The minimum absolute atomic E-state index is 0.0998. The van der Waals surface area contributed by atoms with Gasteiger partial charge in [0.25, 0.3) is 0 Å². The van der Waals surface area contributed by atoms with Gasteiger partial charge in [0.1, 0.15) is 11.6 Å². The normalized spacial score (nSPS) is 17.8. The third kappa shape index (κ3) is 4.97. The molecule has 1 fully saturated rings. The van der Waals surface area contributed by atoms with Crippen molar-refractivity contribution >= 4 is 10.0 Å². The first-order chi connectivity index (χ1) is 9.97. The van der Waals surface area contributed by atoms with Crippen molar-refractivity contribution in [2.24, 2.45) is 5.92 Å². The first kappa shape index (κ1) is 16.2. The van der Waals surface area contributed by atoms with Crippen LogP contribution in [0.15, 0.2) is 24.3 Å². The highest BCUT2D eigenvalue weighted by Gasteiger charge is 2.25. The van der Waals surface area contributed by atoms with E-state index in [1.165, 1.54) is 24.3 Å². The number of benzene rings is 1. The van der Waals surface area contributed by atoms with Crippen LogP contribution in [0.3, 0.4) is 0 Å². The molecule has 1 aromatic carbocycles. The molecule has 0 N–H and O–H groups in total. The topological polar surface area (TPSA) is 46.6 Å². The van der Waals surface area contributed by atoms with E-state index in [1.54, 1.807) is 4.31 Å². The fraction of sp³-hybridized carbons (Fsp3) is 0.600. The van der Waals surface area contributed by atoms with Gasteiger partial charge in [0.15, 0.2) is 0 Å². The van der Waals surface area contributed by atoms with E-state index >= 15 is 0 Å². The zero-order valence-corrected chi connectivity index (χ0v) is 13.1. The van der Waals surface area contributed by atoms with Gasteiger partial charge < -0.3 is 4.74 Å². The number of nitrogens with zero attached hydrogens (tertiary/aromatic N) is 1. The first-order valence-corrected chi connectivity index (χ1v) is 8.94. The monoisotopic (exact) mass is 315 g/mol. The summed E-state index contributed by atoms with van der Waals surface area (Å²) < 4.78 is 44.1. The van der Waals surface area contributed by atoms with Crippen LogP contribution in [0.4, 0.5) is 4.39 Å². The van der Waals surface area contributed by atoms with Crippen LogP contribution in [0.25, 0.3) is 0 Å². The van der Waals surface area contributed by atoms with Crippen molar-refractivity contribution < 1.29 is 17.5 Å². The second kappa shape index (κ2) is 7.22. The van der Waals surface area contributed by atoms with Gasteiger partial charge in [0, 0.05) is 13.1 Å². The van der Waals surface area contributed by atoms with Crippen LogP contribution < -0.4 is 4.74 Å². The van der Waals surface area contributed by atoms with Crippen LogP contribution in [0.5, 0.6) is 5.75 Å². The maximum absolute atomic E-state index is 12.7. The zero-order valence-electron chi connectivity index (χ0n) is 12.3. The van der Waals surface area contributed by atoms with Gasteiger partial charge in [-0.25, -0.2) is 17.1 Å². The summed E-state index contributed by atoms with van der Waals surface area (Å²) in [6.07, 6.45) is 2.31. The molecule has 0 aliphatic carbocycles. The highest BCUT2D eigenvalue weighted by Crippen LogP contribution is 2.19. The van der Waals surface area contributed by atoms with E-state index in [4.69, 9.17) is 4.74 Å². The molecule has 0 radical (unpaired) electrons. The lowest BCUT2D eigenvalue weighted by Crippen LogP contribution is -2.39. The Hall–Kier alpha value is -1.14. The van der Waals surface area contributed by atoms with Crippen molar-refractivity contribution in [3.63, 3.8) is 0 Å². The minimum atomic E-state index is -3.17. The van der Waals surface area contributed by atoms with E-state index < -0.39 is 10.0 Å². The van der Waals surface area contributed by atoms with Gasteiger partial charge in [-0.3, -0.25) is 0 Å². The van der Waals surface area contributed by atoms with E-state index in [1.807, 2.05) is 0 Å². The Morgan fingerprint density at radius 2 is 1.86 bits per heavy atom. The van der Waals surface area contributed by atoms with Crippen LogP contribution in [-0.2, 0) is 10.0 Å². The summed E-state index contributed by atoms with van der Waals surface area (Å²) in [5.41, 5.74) is 0. The summed E-state index contributed by atoms with van der Waals surface area (Å²) in [4.78, 5) is 0. The molecule has 0 atom stereocenters. The van der Waals surface area contributed by atoms with Gasteiger partial charge in [-0.05, 0) is 49.4 Å². The molecule has 0 unspecified atom stereocenters. The standard InChI is InChI=1S/C15H22FNO3S/c1-13-7-9-17(10-8-13)21(18,19)12-2-11-20-15-5-3-14(16)4-6-15/h3-6,13H,2,7-12H2,1H3. The maximum Gasteiger partial charge on any atom is 0.214 e. The molecular formula is C15H22FNO3S. The molecule has 1 aliphatic rings. The van der Waals surface area contributed by atoms with Gasteiger partial charge in [-0.2, -0.15) is 0 Å². The molecule has 1 heterocycles. The smallest absolute Gasteiger partial charge is 0.214 e. The second-order valence-electron chi connectivity index (χ2n) is 5.55. The fourth-order valence-electron chi connectivity index (χ4n) is 2.35. The molecular weight excluding hydrogens is 293 g/mol. The summed E-state index contributed by atoms with van der Waals surface area (Å²) in [5.74, 6) is 0.950. The van der Waals surface area contributed by atoms with Gasteiger partial charge >= 0.3 is 0 Å². The third-order valence-corrected chi connectivity index (χ3v) is 5.72. The summed E-state index contributed by atoms with van der Waals surface area (Å²) in [7, 11) is -3.17. The molecule has 0 bridgehead atoms. The molecule has 1 saturated heterocycles. The van der Waals surface area contributed by atoms with Crippen molar-refractivity contribution in [3.8, 4) is 5.75 Å². The van der Waals surface area contributed by atoms with Crippen LogP contribution in [-0.4, -0.2) is 38.2 Å². The average Bonchev–Trinajstić information content (AvgIpc) is 2.46. The molecule has 1 aliphatic heterocycles. The van der Waals surface area contributed by atoms with Crippen molar-refractivity contribution in [2.45, 2.75) is 26.2 Å². The number of ether oxygens (including phenoxy) is 1. The molecule has 0 amide bonds. The molecule has 2 rings (SSSR count). The summed E-state index contributed by atoms with van der Waals surface area (Å²) >= 11 is 0. The zero-order chi connectivity index (χ0) is 15.3. The predicted octanol–water partition coefficient (Wildman–Crippen LogP) is 2.66. The SMILES string of the molecule is CC1CCN(S(=O)(=O)CCCOc2ccc(F)cc2)CC1. The average molecular weight is 315 g/mol. The number of piperidine rings is 1. The van der Waals surface area contributed by atoms with Gasteiger partial charge in [-0.1, -0.05) is 6.92 Å². The number of halogens is 1. The van der Waals surface area contributed by atoms with E-state index in [-0.39, 0.29) is 11.6 Å². The van der Waals surface area contributed by atoms with Crippen molar-refractivity contribution in [2.75, 3.05) is 25.4 Å². The lowest BCUT2D eigenvalue weighted by atomic mass is 10.0. The number of hydrogen-bond acceptors (Lipinski definition) is 3. The van der Waals surface area contributed by atoms with Crippen molar-refractivity contribution in [1.82, 2.24) is 4.31 Å². The molecule has 4 nitrogen and oxygen atoms in total. The van der Waals surface area contributed by atoms with Crippen LogP contribution in [0, 0.1) is 11.7 Å². The van der Waals surface area contributed by atoms with E-state index in [0.29, 0.717) is 37.8 Å². The van der Waals surface area contributed by atoms with Gasteiger partial charge in [-0.15, -0.1) is 0 Å². The molecule has 6 heteroatoms. The fourth-order valence-corrected chi connectivity index (χ4v) is 3.86. The molecule has 1 aromatic rings. The Balaban J connectivity index is 1.73. The second-order valence-corrected chi connectivity index (χ2v) is 7.64. The quantitative estimate of drug-likeness (QED) is 0.758. The molecule has 0 spiro atoms. The van der Waals surface area contributed by atoms with Crippen LogP contribution in [0.1, 0.15) is 26.2 Å². The number of hydrogen-bond donors (Lipinski definition) is 0. The summed E-state index contributed by atoms with van der Waals surface area (Å²) in [5, 5.41) is 0. The Labute approximate surface area is 126 Å². The Morgan fingerprint density at radius 1 is 1.24 bits per heavy atom. The van der Waals surface area contributed by atoms with Gasteiger partial charge in [0.2, 0.25) is 10.0 Å². The summed E-state index contributed by atoms with van der Waals surface area (Å²) in [6, 6.07) is 5.72. The van der Waals surface area contributed by atoms with Crippen molar-refractivity contribution in [1.29, 1.82) is 0 Å². The van der Waals surface area contributed by atoms with E-state index in [0.717, 1.165) is 12.8 Å². The highest BCUT2D eigenvalue weighted by molar-refractivity contribution is 7.89. The van der Waals surface area contributed by atoms with E-state index in [2.05, 4.69) is 6.92 Å². The predicted molar refractivity (Wildman–Crippen MR) is 80.3 cm³/mol. The maximum atomic E-state index is 12.7. The molecule has 0 saturated carbocycles. The minimum Gasteiger partial charge on any atom is -0.494 e. The van der Waals surface area contributed by atoms with Crippen molar-refractivity contribution in [3.05, 3.63) is 30.1 Å². The van der Waals surface area contributed by atoms with Gasteiger partial charge in [0.05, 0.1) is 12.4 Å². The molecule has 21 heavy (non-hydrogen) atoms. The highest BCUT2D eigenvalue weighted by atomic mass is 32.2. The Bertz CT molecular complexity index is 537. The Morgan fingerprint density at radius 3 is 2.48 bits per heavy atom. The lowest BCUT2D eigenvalue weighted by Gasteiger charge is -2.29. The van der Waals surface area contributed by atoms with Crippen LogP contribution in [0.2, 0.25) is 0 Å². The Kier molecular flexibility index (Phi) is 5.58. The molecule has 118 valence electrons. The van der Waals surface area contributed by atoms with Crippen LogP contribution >= 0.6 is 0 Å². The number of sulfonamides is 1. The third-order valence-electron chi connectivity index (χ3n) is 3.76. The summed E-state index contributed by atoms with van der Waals surface area (Å²) in [6.45, 7) is 3.72. The van der Waals surface area contributed by atoms with E-state index in [9.17, 15) is 12.8 Å². The number of rotatable bonds is 6. The first-order valence-electron chi connectivity index (χ1n) is 7.33. The lowest BCUT2D eigenvalue weighted by molar-refractivity contribution is 0.284.